The second-order valence-electron chi connectivity index (χ2n) is 7.37. The number of hydrogen-bond donors (Lipinski definition) is 2. The van der Waals surface area contributed by atoms with Gasteiger partial charge in [0, 0.05) is 17.6 Å². The minimum atomic E-state index is -0.0641. The normalized spacial score (nSPS) is 11.8. The van der Waals surface area contributed by atoms with Crippen molar-refractivity contribution in [2.75, 3.05) is 6.54 Å². The van der Waals surface area contributed by atoms with E-state index in [4.69, 9.17) is 4.42 Å². The maximum absolute atomic E-state index is 5.82. The predicted octanol–water partition coefficient (Wildman–Crippen LogP) is 3.43. The molecule has 0 atom stereocenters. The van der Waals surface area contributed by atoms with E-state index in [0.29, 0.717) is 24.9 Å². The van der Waals surface area contributed by atoms with Gasteiger partial charge in [-0.3, -0.25) is 4.57 Å². The van der Waals surface area contributed by atoms with E-state index in [9.17, 15) is 0 Å². The van der Waals surface area contributed by atoms with Gasteiger partial charge < -0.3 is 15.1 Å². The molecule has 29 heavy (non-hydrogen) atoms. The van der Waals surface area contributed by atoms with E-state index in [2.05, 4.69) is 51.6 Å². The average molecular weight is 509 g/mol. The van der Waals surface area contributed by atoms with Gasteiger partial charge in [-0.15, -0.1) is 34.2 Å². The molecule has 156 valence electrons. The average Bonchev–Trinajstić information content (AvgIpc) is 3.34. The van der Waals surface area contributed by atoms with Gasteiger partial charge in [0.2, 0.25) is 5.89 Å². The topological polar surface area (TPSA) is 93.2 Å². The van der Waals surface area contributed by atoms with Crippen LogP contribution in [0.1, 0.15) is 45.2 Å². The number of benzene rings is 1. The standard InChI is InChI=1S/C20H27N7O.HI/c1-5-21-19(24-13-18-22-11-16(28-18)20(2,3)4)23-12-17-26-25-14-27(17)15-9-7-6-8-10-15;/h6-11,14H,5,12-13H2,1-4H3,(H2,21,23,24);1H. The van der Waals surface area contributed by atoms with Gasteiger partial charge in [-0.1, -0.05) is 39.0 Å². The van der Waals surface area contributed by atoms with Crippen LogP contribution in [0.15, 0.2) is 52.3 Å². The molecule has 0 aliphatic carbocycles. The van der Waals surface area contributed by atoms with Crippen molar-refractivity contribution in [2.24, 2.45) is 4.99 Å². The summed E-state index contributed by atoms with van der Waals surface area (Å²) in [6, 6.07) is 9.96. The number of para-hydroxylation sites is 1. The molecule has 1 aromatic carbocycles. The smallest absolute Gasteiger partial charge is 0.213 e. The van der Waals surface area contributed by atoms with Gasteiger partial charge in [-0.05, 0) is 19.1 Å². The molecule has 0 bridgehead atoms. The third-order valence-corrected chi connectivity index (χ3v) is 4.08. The molecule has 0 amide bonds. The number of rotatable bonds is 6. The van der Waals surface area contributed by atoms with E-state index in [1.165, 1.54) is 0 Å². The Balaban J connectivity index is 0.00000300. The highest BCUT2D eigenvalue weighted by molar-refractivity contribution is 14.0. The molecule has 0 saturated carbocycles. The number of guanidine groups is 1. The molecule has 0 radical (unpaired) electrons. The van der Waals surface area contributed by atoms with Crippen molar-refractivity contribution in [2.45, 2.75) is 46.2 Å². The fourth-order valence-corrected chi connectivity index (χ4v) is 2.56. The summed E-state index contributed by atoms with van der Waals surface area (Å²) in [7, 11) is 0. The van der Waals surface area contributed by atoms with Crippen LogP contribution in [0.3, 0.4) is 0 Å². The van der Waals surface area contributed by atoms with Crippen LogP contribution >= 0.6 is 24.0 Å². The van der Waals surface area contributed by atoms with Crippen molar-refractivity contribution in [3.05, 3.63) is 60.3 Å². The van der Waals surface area contributed by atoms with E-state index in [0.717, 1.165) is 23.8 Å². The summed E-state index contributed by atoms with van der Waals surface area (Å²) in [6.07, 6.45) is 3.48. The van der Waals surface area contributed by atoms with E-state index in [1.54, 1.807) is 12.5 Å². The second-order valence-corrected chi connectivity index (χ2v) is 7.37. The third-order valence-electron chi connectivity index (χ3n) is 4.08. The third kappa shape index (κ3) is 6.28. The van der Waals surface area contributed by atoms with Gasteiger partial charge in [-0.2, -0.15) is 0 Å². The summed E-state index contributed by atoms with van der Waals surface area (Å²) in [5, 5.41) is 14.7. The first-order valence-corrected chi connectivity index (χ1v) is 9.39. The number of hydrogen-bond acceptors (Lipinski definition) is 5. The number of nitrogens with zero attached hydrogens (tertiary/aromatic N) is 5. The minimum Gasteiger partial charge on any atom is -0.443 e. The maximum Gasteiger partial charge on any atom is 0.213 e. The molecule has 0 spiro atoms. The molecule has 2 N–H and O–H groups in total. The lowest BCUT2D eigenvalue weighted by Gasteiger charge is -2.13. The first-order valence-electron chi connectivity index (χ1n) is 9.39. The van der Waals surface area contributed by atoms with Crippen LogP contribution < -0.4 is 10.6 Å². The van der Waals surface area contributed by atoms with Gasteiger partial charge in [0.05, 0.1) is 12.7 Å². The molecule has 0 aliphatic heterocycles. The van der Waals surface area contributed by atoms with Crippen molar-refractivity contribution >= 4 is 29.9 Å². The summed E-state index contributed by atoms with van der Waals surface area (Å²) < 4.78 is 7.75. The van der Waals surface area contributed by atoms with Gasteiger partial charge in [-0.25, -0.2) is 9.98 Å². The fourth-order valence-electron chi connectivity index (χ4n) is 2.56. The molecule has 3 aromatic rings. The van der Waals surface area contributed by atoms with Crippen molar-refractivity contribution in [3.63, 3.8) is 0 Å². The van der Waals surface area contributed by atoms with Crippen LogP contribution in [0.5, 0.6) is 0 Å². The van der Waals surface area contributed by atoms with Crippen molar-refractivity contribution in [1.29, 1.82) is 0 Å². The minimum absolute atomic E-state index is 0. The van der Waals surface area contributed by atoms with Gasteiger partial charge in [0.1, 0.15) is 18.6 Å². The Morgan fingerprint density at radius 2 is 1.93 bits per heavy atom. The zero-order valence-corrected chi connectivity index (χ0v) is 19.5. The SMILES string of the molecule is CCNC(=NCc1nncn1-c1ccccc1)NCc1ncc(C(C)(C)C)o1.I. The lowest BCUT2D eigenvalue weighted by Crippen LogP contribution is -2.37. The van der Waals surface area contributed by atoms with Gasteiger partial charge >= 0.3 is 0 Å². The van der Waals surface area contributed by atoms with Crippen molar-refractivity contribution in [1.82, 2.24) is 30.4 Å². The fraction of sp³-hybridized carbons (Fsp3) is 0.400. The van der Waals surface area contributed by atoms with Crippen LogP contribution in [0.2, 0.25) is 0 Å². The van der Waals surface area contributed by atoms with E-state index in [-0.39, 0.29) is 29.4 Å². The lowest BCUT2D eigenvalue weighted by atomic mass is 9.94. The summed E-state index contributed by atoms with van der Waals surface area (Å²) in [4.78, 5) is 8.95. The Labute approximate surface area is 188 Å². The highest BCUT2D eigenvalue weighted by Gasteiger charge is 2.19. The maximum atomic E-state index is 5.82. The van der Waals surface area contributed by atoms with Crippen molar-refractivity contribution in [3.8, 4) is 5.69 Å². The Morgan fingerprint density at radius 3 is 2.59 bits per heavy atom. The summed E-state index contributed by atoms with van der Waals surface area (Å²) in [5.74, 6) is 2.92. The van der Waals surface area contributed by atoms with Crippen LogP contribution in [-0.2, 0) is 18.5 Å². The van der Waals surface area contributed by atoms with E-state index < -0.39 is 0 Å². The molecule has 0 aliphatic rings. The van der Waals surface area contributed by atoms with Gasteiger partial charge in [0.15, 0.2) is 11.8 Å². The highest BCUT2D eigenvalue weighted by atomic mass is 127. The number of nitrogens with one attached hydrogen (secondary N) is 2. The van der Waals surface area contributed by atoms with Crippen LogP contribution in [-0.4, -0.2) is 32.3 Å². The second kappa shape index (κ2) is 10.4. The largest absolute Gasteiger partial charge is 0.443 e. The molecule has 3 rings (SSSR count). The molecular weight excluding hydrogens is 481 g/mol. The Kier molecular flexibility index (Phi) is 8.18. The number of aliphatic imine (C=N–C) groups is 1. The Bertz CT molecular complexity index is 912. The van der Waals surface area contributed by atoms with Gasteiger partial charge in [0.25, 0.3) is 0 Å². The first kappa shape index (κ1) is 22.9. The van der Waals surface area contributed by atoms with Crippen LogP contribution in [0.25, 0.3) is 5.69 Å². The number of aromatic nitrogens is 4. The van der Waals surface area contributed by atoms with E-state index >= 15 is 0 Å². The summed E-state index contributed by atoms with van der Waals surface area (Å²) in [5.41, 5.74) is 0.941. The molecule has 8 nitrogen and oxygen atoms in total. The Morgan fingerprint density at radius 1 is 1.17 bits per heavy atom. The number of halogens is 1. The first-order chi connectivity index (χ1) is 13.5. The molecule has 2 aromatic heterocycles. The van der Waals surface area contributed by atoms with E-state index in [1.807, 2.05) is 41.8 Å². The van der Waals surface area contributed by atoms with Crippen molar-refractivity contribution < 1.29 is 4.42 Å². The summed E-state index contributed by atoms with van der Waals surface area (Å²) in [6.45, 7) is 9.90. The highest BCUT2D eigenvalue weighted by Crippen LogP contribution is 2.22. The monoisotopic (exact) mass is 509 g/mol. The molecule has 0 unspecified atom stereocenters. The molecule has 2 heterocycles. The molecule has 0 fully saturated rings. The zero-order chi connectivity index (χ0) is 20.0. The Hall–Kier alpha value is -2.43. The molecular formula is C20H28IN7O. The summed E-state index contributed by atoms with van der Waals surface area (Å²) >= 11 is 0. The lowest BCUT2D eigenvalue weighted by molar-refractivity contribution is 0.379. The number of oxazole rings is 1. The predicted molar refractivity (Wildman–Crippen MR) is 124 cm³/mol. The quantitative estimate of drug-likeness (QED) is 0.301. The molecule has 0 saturated heterocycles. The van der Waals surface area contributed by atoms with Crippen LogP contribution in [0.4, 0.5) is 0 Å². The molecule has 9 heteroatoms. The zero-order valence-electron chi connectivity index (χ0n) is 17.2. The van der Waals surface area contributed by atoms with Crippen LogP contribution in [0, 0.1) is 0 Å².